The van der Waals surface area contributed by atoms with Crippen LogP contribution < -0.4 is 15.4 Å². The van der Waals surface area contributed by atoms with E-state index in [2.05, 4.69) is 21.3 Å². The van der Waals surface area contributed by atoms with E-state index in [9.17, 15) is 0 Å². The van der Waals surface area contributed by atoms with Gasteiger partial charge in [0.25, 0.3) is 0 Å². The smallest absolute Gasteiger partial charge is 0.226 e. The molecule has 0 aliphatic heterocycles. The van der Waals surface area contributed by atoms with Crippen LogP contribution in [-0.4, -0.2) is 29.5 Å². The third kappa shape index (κ3) is 2.51. The Labute approximate surface area is 156 Å². The van der Waals surface area contributed by atoms with Gasteiger partial charge in [-0.3, -0.25) is 10.6 Å². The van der Waals surface area contributed by atoms with Crippen molar-refractivity contribution in [2.24, 2.45) is 7.05 Å². The number of hydrogen-bond acceptors (Lipinski definition) is 4. The molecule has 134 valence electrons. The number of aromatic nitrogens is 2. The summed E-state index contributed by atoms with van der Waals surface area (Å²) in [5.41, 5.74) is 1.95. The van der Waals surface area contributed by atoms with Crippen molar-refractivity contribution in [3.8, 4) is 5.88 Å². The minimum atomic E-state index is -0.725. The first-order valence-electron chi connectivity index (χ1n) is 8.50. The van der Waals surface area contributed by atoms with Gasteiger partial charge >= 0.3 is 0 Å². The first-order valence-corrected chi connectivity index (χ1v) is 8.88. The fourth-order valence-corrected chi connectivity index (χ4v) is 3.51. The zero-order valence-corrected chi connectivity index (χ0v) is 16.0. The van der Waals surface area contributed by atoms with Crippen molar-refractivity contribution in [3.63, 3.8) is 0 Å². The normalized spacial score (nSPS) is 12.3. The molecule has 2 aromatic carbocycles. The Balaban J connectivity index is 2.11. The molecule has 0 spiro atoms. The average molecular weight is 369 g/mol. The second-order valence-corrected chi connectivity index (χ2v) is 6.95. The van der Waals surface area contributed by atoms with Crippen molar-refractivity contribution in [2.75, 3.05) is 14.1 Å². The van der Waals surface area contributed by atoms with Gasteiger partial charge in [0.05, 0.1) is 5.52 Å². The molecule has 4 rings (SSSR count). The van der Waals surface area contributed by atoms with Crippen LogP contribution in [0.25, 0.3) is 32.7 Å². The van der Waals surface area contributed by atoms with Crippen LogP contribution in [0, 0.1) is 0 Å². The number of nitrogens with zero attached hydrogens (tertiary/aromatic N) is 2. The highest BCUT2D eigenvalue weighted by Gasteiger charge is 2.25. The molecule has 26 heavy (non-hydrogen) atoms. The molecule has 2 heterocycles. The number of hydrogen-bond donors (Lipinski definition) is 2. The van der Waals surface area contributed by atoms with Gasteiger partial charge in [-0.15, -0.1) is 0 Å². The van der Waals surface area contributed by atoms with Crippen molar-refractivity contribution in [2.45, 2.75) is 12.8 Å². The fourth-order valence-electron chi connectivity index (χ4n) is 3.34. The van der Waals surface area contributed by atoms with Crippen LogP contribution in [0.15, 0.2) is 42.5 Å². The lowest BCUT2D eigenvalue weighted by Crippen LogP contribution is -2.56. The predicted octanol–water partition coefficient (Wildman–Crippen LogP) is 4.02. The van der Waals surface area contributed by atoms with Crippen LogP contribution in [-0.2, 0) is 7.05 Å². The molecule has 0 unspecified atom stereocenters. The molecule has 0 saturated carbocycles. The zero-order chi connectivity index (χ0) is 18.5. The van der Waals surface area contributed by atoms with Gasteiger partial charge in [-0.1, -0.05) is 29.8 Å². The monoisotopic (exact) mass is 368 g/mol. The molecule has 5 nitrogen and oxygen atoms in total. The van der Waals surface area contributed by atoms with Crippen LogP contribution in [0.4, 0.5) is 0 Å². The molecule has 0 atom stereocenters. The lowest BCUT2D eigenvalue weighted by atomic mass is 10.1. The SMILES string of the molecule is CNC(C)(NC)Oc1nc2c(c3ccccc13)c1cc(Cl)ccc1n2C. The Morgan fingerprint density at radius 2 is 1.73 bits per heavy atom. The lowest BCUT2D eigenvalue weighted by molar-refractivity contribution is 0.0298. The second kappa shape index (κ2) is 6.13. The van der Waals surface area contributed by atoms with E-state index in [1.807, 2.05) is 64.5 Å². The Hall–Kier alpha value is -2.34. The summed E-state index contributed by atoms with van der Waals surface area (Å²) in [7, 11) is 5.70. The maximum absolute atomic E-state index is 6.26. The number of ether oxygens (including phenoxy) is 1. The highest BCUT2D eigenvalue weighted by Crippen LogP contribution is 2.38. The molecule has 0 fully saturated rings. The summed E-state index contributed by atoms with van der Waals surface area (Å²) in [5.74, 6) is -0.145. The summed E-state index contributed by atoms with van der Waals surface area (Å²) in [6.07, 6.45) is 0. The summed E-state index contributed by atoms with van der Waals surface area (Å²) in [5, 5.41) is 11.2. The molecular formula is C20H21ClN4O. The molecule has 0 aliphatic rings. The molecule has 2 N–H and O–H groups in total. The Morgan fingerprint density at radius 3 is 2.42 bits per heavy atom. The number of rotatable bonds is 4. The number of nitrogens with one attached hydrogen (secondary N) is 2. The Kier molecular flexibility index (Phi) is 4.03. The van der Waals surface area contributed by atoms with Gasteiger partial charge in [-0.05, 0) is 43.7 Å². The van der Waals surface area contributed by atoms with Crippen LogP contribution in [0.1, 0.15) is 6.92 Å². The fraction of sp³-hybridized carbons (Fsp3) is 0.250. The van der Waals surface area contributed by atoms with E-state index in [0.717, 1.165) is 32.7 Å². The summed E-state index contributed by atoms with van der Waals surface area (Å²) in [6.45, 7) is 1.93. The number of fused-ring (bicyclic) bond motifs is 5. The van der Waals surface area contributed by atoms with Crippen LogP contribution in [0.3, 0.4) is 0 Å². The van der Waals surface area contributed by atoms with E-state index >= 15 is 0 Å². The standard InChI is InChI=1S/C20H21ClN4O/c1-20(22-2,23-3)26-19-14-8-6-5-7-13(14)17-15-11-12(21)9-10-16(15)25(4)18(17)24-19/h5-11,22-23H,1-4H3. The predicted molar refractivity (Wildman–Crippen MR) is 108 cm³/mol. The molecule has 6 heteroatoms. The highest BCUT2D eigenvalue weighted by atomic mass is 35.5. The maximum Gasteiger partial charge on any atom is 0.226 e. The third-order valence-corrected chi connectivity index (χ3v) is 5.25. The summed E-state index contributed by atoms with van der Waals surface area (Å²) in [4.78, 5) is 4.87. The minimum Gasteiger partial charge on any atom is -0.442 e. The molecule has 0 bridgehead atoms. The number of pyridine rings is 1. The van der Waals surface area contributed by atoms with E-state index in [1.54, 1.807) is 0 Å². The van der Waals surface area contributed by atoms with Crippen molar-refractivity contribution < 1.29 is 4.74 Å². The Morgan fingerprint density at radius 1 is 1.04 bits per heavy atom. The van der Waals surface area contributed by atoms with Crippen molar-refractivity contribution >= 4 is 44.3 Å². The number of benzene rings is 2. The van der Waals surface area contributed by atoms with Gasteiger partial charge in [0.1, 0.15) is 5.65 Å². The van der Waals surface area contributed by atoms with Gasteiger partial charge in [-0.2, -0.15) is 4.98 Å². The molecular weight excluding hydrogens is 348 g/mol. The van der Waals surface area contributed by atoms with E-state index in [4.69, 9.17) is 21.3 Å². The maximum atomic E-state index is 6.26. The topological polar surface area (TPSA) is 51.1 Å². The first kappa shape index (κ1) is 17.1. The van der Waals surface area contributed by atoms with E-state index in [0.29, 0.717) is 10.9 Å². The molecule has 0 saturated heterocycles. The van der Waals surface area contributed by atoms with Gasteiger partial charge in [0.15, 0.2) is 0 Å². The van der Waals surface area contributed by atoms with Gasteiger partial charge < -0.3 is 9.30 Å². The van der Waals surface area contributed by atoms with Crippen molar-refractivity contribution in [1.82, 2.24) is 20.2 Å². The molecule has 0 aliphatic carbocycles. The quantitative estimate of drug-likeness (QED) is 0.534. The van der Waals surface area contributed by atoms with Crippen LogP contribution in [0.2, 0.25) is 5.02 Å². The van der Waals surface area contributed by atoms with Crippen molar-refractivity contribution in [1.29, 1.82) is 0 Å². The Bertz CT molecular complexity index is 1130. The molecule has 0 amide bonds. The number of aryl methyl sites for hydroxylation is 1. The average Bonchev–Trinajstić information content (AvgIpc) is 2.93. The third-order valence-electron chi connectivity index (χ3n) is 5.02. The largest absolute Gasteiger partial charge is 0.442 e. The number of halogens is 1. The lowest BCUT2D eigenvalue weighted by Gasteiger charge is -2.29. The van der Waals surface area contributed by atoms with Crippen LogP contribution in [0.5, 0.6) is 5.88 Å². The van der Waals surface area contributed by atoms with Gasteiger partial charge in [0, 0.05) is 35.2 Å². The summed E-state index contributed by atoms with van der Waals surface area (Å²) < 4.78 is 8.30. The molecule has 0 radical (unpaired) electrons. The van der Waals surface area contributed by atoms with Gasteiger partial charge in [0.2, 0.25) is 11.7 Å². The van der Waals surface area contributed by atoms with E-state index in [-0.39, 0.29) is 0 Å². The van der Waals surface area contributed by atoms with Crippen LogP contribution >= 0.6 is 11.6 Å². The highest BCUT2D eigenvalue weighted by molar-refractivity contribution is 6.32. The van der Waals surface area contributed by atoms with E-state index in [1.165, 1.54) is 0 Å². The van der Waals surface area contributed by atoms with E-state index < -0.39 is 5.85 Å². The molecule has 4 aromatic rings. The minimum absolute atomic E-state index is 0.580. The summed E-state index contributed by atoms with van der Waals surface area (Å²) >= 11 is 6.26. The summed E-state index contributed by atoms with van der Waals surface area (Å²) in [6, 6.07) is 14.1. The van der Waals surface area contributed by atoms with Crippen molar-refractivity contribution in [3.05, 3.63) is 47.5 Å². The first-order chi connectivity index (χ1) is 12.5. The van der Waals surface area contributed by atoms with Gasteiger partial charge in [-0.25, -0.2) is 0 Å². The molecule has 2 aromatic heterocycles. The zero-order valence-electron chi connectivity index (χ0n) is 15.2. The second-order valence-electron chi connectivity index (χ2n) is 6.52.